The van der Waals surface area contributed by atoms with Crippen LogP contribution in [0.2, 0.25) is 5.02 Å². The fraction of sp³-hybridized carbons (Fsp3) is 0.125. The highest BCUT2D eigenvalue weighted by Gasteiger charge is 2.10. The molecule has 0 bridgehead atoms. The minimum Gasteiger partial charge on any atom is -0.250 e. The molecule has 20 heavy (non-hydrogen) atoms. The van der Waals surface area contributed by atoms with Gasteiger partial charge in [0.25, 0.3) is 0 Å². The van der Waals surface area contributed by atoms with Crippen LogP contribution in [0.5, 0.6) is 0 Å². The molecule has 0 amide bonds. The first kappa shape index (κ1) is 13.4. The van der Waals surface area contributed by atoms with Gasteiger partial charge in [0.15, 0.2) is 0 Å². The third-order valence-electron chi connectivity index (χ3n) is 3.14. The molecule has 2 aromatic heterocycles. The zero-order valence-corrected chi connectivity index (χ0v) is 12.6. The first-order chi connectivity index (χ1) is 9.75. The van der Waals surface area contributed by atoms with E-state index in [1.54, 1.807) is 18.0 Å². The van der Waals surface area contributed by atoms with Crippen LogP contribution in [0, 0.1) is 6.92 Å². The van der Waals surface area contributed by atoms with E-state index in [-0.39, 0.29) is 0 Å². The van der Waals surface area contributed by atoms with Crippen molar-refractivity contribution in [3.63, 3.8) is 0 Å². The Labute approximate surface area is 127 Å². The van der Waals surface area contributed by atoms with E-state index in [9.17, 15) is 0 Å². The molecule has 3 rings (SSSR count). The summed E-state index contributed by atoms with van der Waals surface area (Å²) in [6.45, 7) is 2.04. The van der Waals surface area contributed by atoms with Crippen LogP contribution in [-0.4, -0.2) is 9.97 Å². The van der Waals surface area contributed by atoms with Crippen LogP contribution in [0.3, 0.4) is 0 Å². The Bertz CT molecular complexity index is 744. The summed E-state index contributed by atoms with van der Waals surface area (Å²) in [6.07, 6.45) is 1.79. The number of fused-ring (bicyclic) bond motifs is 1. The topological polar surface area (TPSA) is 25.8 Å². The Kier molecular flexibility index (Phi) is 3.90. The summed E-state index contributed by atoms with van der Waals surface area (Å²) >= 11 is 8.09. The average Bonchev–Trinajstić information content (AvgIpc) is 2.50. The molecule has 0 aliphatic heterocycles. The van der Waals surface area contributed by atoms with Gasteiger partial charge >= 0.3 is 0 Å². The summed E-state index contributed by atoms with van der Waals surface area (Å²) in [5.41, 5.74) is 3.00. The van der Waals surface area contributed by atoms with E-state index in [1.165, 1.54) is 0 Å². The Hall–Kier alpha value is -1.58. The predicted octanol–water partition coefficient (Wildman–Crippen LogP) is 4.88. The van der Waals surface area contributed by atoms with Crippen molar-refractivity contribution in [1.29, 1.82) is 0 Å². The molecule has 4 heteroatoms. The van der Waals surface area contributed by atoms with Crippen LogP contribution >= 0.6 is 23.4 Å². The lowest BCUT2D eigenvalue weighted by Crippen LogP contribution is -1.94. The molecule has 0 aliphatic carbocycles. The van der Waals surface area contributed by atoms with Gasteiger partial charge in [0.1, 0.15) is 0 Å². The number of nitrogens with zero attached hydrogens (tertiary/aromatic N) is 2. The molecule has 2 nitrogen and oxygen atoms in total. The summed E-state index contributed by atoms with van der Waals surface area (Å²) in [4.78, 5) is 8.97. The van der Waals surface area contributed by atoms with Gasteiger partial charge in [-0.1, -0.05) is 47.6 Å². The molecular formula is C16H13ClN2S. The molecule has 2 heterocycles. The summed E-state index contributed by atoms with van der Waals surface area (Å²) in [6, 6.07) is 14.0. The molecule has 0 radical (unpaired) electrons. The highest BCUT2D eigenvalue weighted by molar-refractivity contribution is 7.98. The maximum atomic E-state index is 6.44. The SMILES string of the molecule is Cc1c(Cl)c(CSc2ccccn2)nc2ccccc12. The Morgan fingerprint density at radius 1 is 1.10 bits per heavy atom. The van der Waals surface area contributed by atoms with Crippen molar-refractivity contribution in [2.75, 3.05) is 0 Å². The second-order valence-corrected chi connectivity index (χ2v) is 5.84. The normalized spacial score (nSPS) is 10.9. The van der Waals surface area contributed by atoms with Crippen LogP contribution in [-0.2, 0) is 5.75 Å². The monoisotopic (exact) mass is 300 g/mol. The number of aryl methyl sites for hydroxylation is 1. The zero-order valence-electron chi connectivity index (χ0n) is 11.0. The fourth-order valence-electron chi connectivity index (χ4n) is 2.09. The predicted molar refractivity (Wildman–Crippen MR) is 85.3 cm³/mol. The maximum Gasteiger partial charge on any atom is 0.0963 e. The molecule has 0 aliphatic rings. The maximum absolute atomic E-state index is 6.44. The molecule has 100 valence electrons. The van der Waals surface area contributed by atoms with E-state index in [0.29, 0.717) is 0 Å². The minimum absolute atomic E-state index is 0.724. The van der Waals surface area contributed by atoms with E-state index >= 15 is 0 Å². The standard InChI is InChI=1S/C16H13ClN2S/c1-11-12-6-2-3-7-13(12)19-14(16(11)17)10-20-15-8-4-5-9-18-15/h2-9H,10H2,1H3. The largest absolute Gasteiger partial charge is 0.250 e. The van der Waals surface area contributed by atoms with Crippen LogP contribution in [0.1, 0.15) is 11.3 Å². The number of hydrogen-bond acceptors (Lipinski definition) is 3. The number of hydrogen-bond donors (Lipinski definition) is 0. The molecule has 0 saturated carbocycles. The lowest BCUT2D eigenvalue weighted by atomic mass is 10.1. The van der Waals surface area contributed by atoms with E-state index in [2.05, 4.69) is 16.0 Å². The van der Waals surface area contributed by atoms with Crippen molar-refractivity contribution in [2.24, 2.45) is 0 Å². The zero-order chi connectivity index (χ0) is 13.9. The average molecular weight is 301 g/mol. The molecule has 0 fully saturated rings. The Morgan fingerprint density at radius 2 is 1.90 bits per heavy atom. The number of benzene rings is 1. The molecule has 0 N–H and O–H groups in total. The third-order valence-corrected chi connectivity index (χ3v) is 4.60. The Morgan fingerprint density at radius 3 is 2.70 bits per heavy atom. The van der Waals surface area contributed by atoms with Crippen molar-refractivity contribution in [2.45, 2.75) is 17.7 Å². The summed E-state index contributed by atoms with van der Waals surface area (Å²) < 4.78 is 0. The molecule has 3 aromatic rings. The van der Waals surface area contributed by atoms with Gasteiger partial charge in [-0.15, -0.1) is 0 Å². The quantitative estimate of drug-likeness (QED) is 0.644. The Balaban J connectivity index is 1.94. The van der Waals surface area contributed by atoms with E-state index in [0.717, 1.165) is 38.0 Å². The van der Waals surface area contributed by atoms with Crippen molar-refractivity contribution in [3.8, 4) is 0 Å². The van der Waals surface area contributed by atoms with Crippen molar-refractivity contribution < 1.29 is 0 Å². The number of rotatable bonds is 3. The smallest absolute Gasteiger partial charge is 0.0963 e. The van der Waals surface area contributed by atoms with E-state index < -0.39 is 0 Å². The summed E-state index contributed by atoms with van der Waals surface area (Å²) in [5, 5.41) is 2.85. The first-order valence-corrected chi connectivity index (χ1v) is 7.69. The van der Waals surface area contributed by atoms with Gasteiger partial charge in [-0.05, 0) is 30.7 Å². The number of thioether (sulfide) groups is 1. The number of para-hydroxylation sites is 1. The van der Waals surface area contributed by atoms with Crippen LogP contribution in [0.25, 0.3) is 10.9 Å². The van der Waals surface area contributed by atoms with Gasteiger partial charge in [0.2, 0.25) is 0 Å². The van der Waals surface area contributed by atoms with E-state index in [4.69, 9.17) is 11.6 Å². The lowest BCUT2D eigenvalue weighted by Gasteiger charge is -2.09. The van der Waals surface area contributed by atoms with Crippen LogP contribution < -0.4 is 0 Å². The van der Waals surface area contributed by atoms with Crippen LogP contribution in [0.4, 0.5) is 0 Å². The number of aromatic nitrogens is 2. The van der Waals surface area contributed by atoms with Gasteiger partial charge < -0.3 is 0 Å². The van der Waals surface area contributed by atoms with Gasteiger partial charge in [0, 0.05) is 17.3 Å². The molecule has 0 spiro atoms. The molecular weight excluding hydrogens is 288 g/mol. The highest BCUT2D eigenvalue weighted by atomic mass is 35.5. The first-order valence-electron chi connectivity index (χ1n) is 6.33. The van der Waals surface area contributed by atoms with Gasteiger partial charge in [-0.2, -0.15) is 0 Å². The summed E-state index contributed by atoms with van der Waals surface area (Å²) in [5.74, 6) is 0.724. The van der Waals surface area contributed by atoms with Gasteiger partial charge in [0.05, 0.1) is 21.3 Å². The third kappa shape index (κ3) is 2.65. The van der Waals surface area contributed by atoms with Crippen LogP contribution in [0.15, 0.2) is 53.7 Å². The number of pyridine rings is 2. The highest BCUT2D eigenvalue weighted by Crippen LogP contribution is 2.30. The van der Waals surface area contributed by atoms with Gasteiger partial charge in [-0.3, -0.25) is 4.98 Å². The van der Waals surface area contributed by atoms with Crippen molar-refractivity contribution in [1.82, 2.24) is 9.97 Å². The van der Waals surface area contributed by atoms with Crippen molar-refractivity contribution >= 4 is 34.3 Å². The molecule has 1 aromatic carbocycles. The van der Waals surface area contributed by atoms with E-state index in [1.807, 2.05) is 43.3 Å². The second-order valence-electron chi connectivity index (χ2n) is 4.47. The molecule has 0 atom stereocenters. The molecule has 0 unspecified atom stereocenters. The van der Waals surface area contributed by atoms with Crippen molar-refractivity contribution in [3.05, 3.63) is 64.9 Å². The fourth-order valence-corrected chi connectivity index (χ4v) is 3.18. The summed E-state index contributed by atoms with van der Waals surface area (Å²) in [7, 11) is 0. The minimum atomic E-state index is 0.724. The van der Waals surface area contributed by atoms with Gasteiger partial charge in [-0.25, -0.2) is 4.98 Å². The molecule has 0 saturated heterocycles. The lowest BCUT2D eigenvalue weighted by molar-refractivity contribution is 1.12. The number of halogens is 1. The second kappa shape index (κ2) is 5.81.